The first-order chi connectivity index (χ1) is 11.0. The van der Waals surface area contributed by atoms with E-state index in [0.717, 1.165) is 21.2 Å². The van der Waals surface area contributed by atoms with Crippen LogP contribution in [0, 0.1) is 18.3 Å². The number of hydrogen-bond donors (Lipinski definition) is 0. The Morgan fingerprint density at radius 2 is 2.13 bits per heavy atom. The number of nitrogens with zero attached hydrogens (tertiary/aromatic N) is 4. The largest absolute Gasteiger partial charge is 0.311 e. The predicted octanol–water partition coefficient (Wildman–Crippen LogP) is 3.55. The lowest BCUT2D eigenvalue weighted by Crippen LogP contribution is -2.26. The monoisotopic (exact) mass is 368 g/mol. The van der Waals surface area contributed by atoms with E-state index in [4.69, 9.17) is 5.26 Å². The van der Waals surface area contributed by atoms with Crippen LogP contribution in [0.15, 0.2) is 47.2 Å². The number of anilines is 1. The fourth-order valence-corrected chi connectivity index (χ4v) is 2.76. The Morgan fingerprint density at radius 1 is 1.35 bits per heavy atom. The number of carbonyl (C=O) groups excluding carboxylic acids is 1. The number of aromatic nitrogens is 2. The summed E-state index contributed by atoms with van der Waals surface area (Å²) in [7, 11) is 1.72. The lowest BCUT2D eigenvalue weighted by molar-refractivity contribution is 0.0993. The minimum Gasteiger partial charge on any atom is -0.311 e. The van der Waals surface area contributed by atoms with Gasteiger partial charge in [-0.3, -0.25) is 4.79 Å². The Labute approximate surface area is 141 Å². The third kappa shape index (κ3) is 2.71. The lowest BCUT2D eigenvalue weighted by atomic mass is 10.1. The predicted molar refractivity (Wildman–Crippen MR) is 91.5 cm³/mol. The molecule has 0 saturated heterocycles. The number of carbonyl (C=O) groups is 1. The highest BCUT2D eigenvalue weighted by Gasteiger charge is 2.15. The molecule has 1 aromatic carbocycles. The van der Waals surface area contributed by atoms with E-state index in [1.807, 2.05) is 13.0 Å². The molecule has 114 valence electrons. The van der Waals surface area contributed by atoms with Gasteiger partial charge in [0.25, 0.3) is 5.91 Å². The zero-order valence-corrected chi connectivity index (χ0v) is 14.2. The van der Waals surface area contributed by atoms with Crippen molar-refractivity contribution >= 4 is 33.0 Å². The van der Waals surface area contributed by atoms with Crippen LogP contribution in [0.1, 0.15) is 21.5 Å². The van der Waals surface area contributed by atoms with Crippen molar-refractivity contribution in [2.45, 2.75) is 6.92 Å². The number of fused-ring (bicyclic) bond motifs is 1. The molecular formula is C17H13BrN4O. The molecule has 0 unspecified atom stereocenters. The molecule has 1 amide bonds. The van der Waals surface area contributed by atoms with Gasteiger partial charge in [-0.2, -0.15) is 10.4 Å². The molecule has 0 aliphatic rings. The molecule has 0 fully saturated rings. The van der Waals surface area contributed by atoms with Crippen molar-refractivity contribution in [2.24, 2.45) is 0 Å². The SMILES string of the molecule is Cc1cc(N(C)C(=O)c2ccn3ncc(Br)c3c2)ccc1C#N. The zero-order valence-electron chi connectivity index (χ0n) is 12.6. The zero-order chi connectivity index (χ0) is 16.6. The number of amides is 1. The smallest absolute Gasteiger partial charge is 0.258 e. The number of aryl methyl sites for hydroxylation is 1. The Hall–Kier alpha value is -2.65. The van der Waals surface area contributed by atoms with Crippen LogP contribution in [0.3, 0.4) is 0 Å². The Morgan fingerprint density at radius 3 is 2.83 bits per heavy atom. The van der Waals surface area contributed by atoms with Crippen LogP contribution < -0.4 is 4.90 Å². The third-order valence-electron chi connectivity index (χ3n) is 3.74. The van der Waals surface area contributed by atoms with E-state index in [1.54, 1.807) is 53.1 Å². The van der Waals surface area contributed by atoms with Gasteiger partial charge in [0.1, 0.15) is 0 Å². The summed E-state index contributed by atoms with van der Waals surface area (Å²) < 4.78 is 2.54. The molecule has 3 rings (SSSR count). The van der Waals surface area contributed by atoms with E-state index >= 15 is 0 Å². The average Bonchev–Trinajstić information content (AvgIpc) is 2.94. The summed E-state index contributed by atoms with van der Waals surface area (Å²) in [4.78, 5) is 14.3. The first-order valence-corrected chi connectivity index (χ1v) is 7.72. The first-order valence-electron chi connectivity index (χ1n) is 6.93. The third-order valence-corrected chi connectivity index (χ3v) is 4.35. The second-order valence-corrected chi connectivity index (χ2v) is 6.07. The molecule has 0 N–H and O–H groups in total. The fraction of sp³-hybridized carbons (Fsp3) is 0.118. The van der Waals surface area contributed by atoms with Crippen molar-refractivity contribution in [2.75, 3.05) is 11.9 Å². The summed E-state index contributed by atoms with van der Waals surface area (Å²) in [5.41, 5.74) is 3.61. The highest BCUT2D eigenvalue weighted by atomic mass is 79.9. The van der Waals surface area contributed by atoms with Gasteiger partial charge in [0.15, 0.2) is 0 Å². The molecule has 3 aromatic rings. The van der Waals surface area contributed by atoms with Gasteiger partial charge in [0.05, 0.1) is 27.8 Å². The van der Waals surface area contributed by atoms with E-state index in [1.165, 1.54) is 0 Å². The van der Waals surface area contributed by atoms with E-state index < -0.39 is 0 Å². The number of pyridine rings is 1. The van der Waals surface area contributed by atoms with Crippen molar-refractivity contribution < 1.29 is 4.79 Å². The molecule has 5 nitrogen and oxygen atoms in total. The molecule has 2 aromatic heterocycles. The topological polar surface area (TPSA) is 61.4 Å². The number of hydrogen-bond acceptors (Lipinski definition) is 3. The van der Waals surface area contributed by atoms with Crippen LogP contribution in [0.4, 0.5) is 5.69 Å². The van der Waals surface area contributed by atoms with Gasteiger partial charge < -0.3 is 4.90 Å². The number of halogens is 1. The maximum absolute atomic E-state index is 12.7. The molecule has 0 aliphatic heterocycles. The summed E-state index contributed by atoms with van der Waals surface area (Å²) in [5.74, 6) is -0.121. The van der Waals surface area contributed by atoms with Gasteiger partial charge in [-0.15, -0.1) is 0 Å². The summed E-state index contributed by atoms with van der Waals surface area (Å²) >= 11 is 3.42. The minimum absolute atomic E-state index is 0.121. The van der Waals surface area contributed by atoms with E-state index in [9.17, 15) is 4.79 Å². The quantitative estimate of drug-likeness (QED) is 0.694. The maximum atomic E-state index is 12.7. The highest BCUT2D eigenvalue weighted by Crippen LogP contribution is 2.22. The maximum Gasteiger partial charge on any atom is 0.258 e. The Balaban J connectivity index is 1.96. The van der Waals surface area contributed by atoms with Gasteiger partial charge in [-0.25, -0.2) is 4.52 Å². The standard InChI is InChI=1S/C17H13BrN4O/c1-11-7-14(4-3-13(11)9-19)21(2)17(23)12-5-6-22-16(8-12)15(18)10-20-22/h3-8,10H,1-2H3. The second-order valence-electron chi connectivity index (χ2n) is 5.21. The molecular weight excluding hydrogens is 356 g/mol. The fourth-order valence-electron chi connectivity index (χ4n) is 2.38. The number of rotatable bonds is 2. The Bertz CT molecular complexity index is 955. The van der Waals surface area contributed by atoms with Gasteiger partial charge in [0.2, 0.25) is 0 Å². The molecule has 0 radical (unpaired) electrons. The molecule has 0 bridgehead atoms. The van der Waals surface area contributed by atoms with Crippen LogP contribution in [0.2, 0.25) is 0 Å². The molecule has 0 atom stereocenters. The van der Waals surface area contributed by atoms with Crippen LogP contribution in [0.25, 0.3) is 5.52 Å². The van der Waals surface area contributed by atoms with Crippen molar-refractivity contribution in [1.29, 1.82) is 5.26 Å². The molecule has 23 heavy (non-hydrogen) atoms. The molecule has 2 heterocycles. The summed E-state index contributed by atoms with van der Waals surface area (Å²) in [5, 5.41) is 13.2. The molecule has 0 aliphatic carbocycles. The van der Waals surface area contributed by atoms with Crippen LogP contribution in [-0.2, 0) is 0 Å². The first kappa shape index (κ1) is 15.3. The van der Waals surface area contributed by atoms with Crippen molar-refractivity contribution in [3.63, 3.8) is 0 Å². The average molecular weight is 369 g/mol. The van der Waals surface area contributed by atoms with Crippen LogP contribution in [-0.4, -0.2) is 22.6 Å². The summed E-state index contributed by atoms with van der Waals surface area (Å²) in [6, 6.07) is 11.0. The Kier molecular flexibility index (Phi) is 3.89. The molecule has 6 heteroatoms. The molecule has 0 spiro atoms. The lowest BCUT2D eigenvalue weighted by Gasteiger charge is -2.18. The second kappa shape index (κ2) is 5.86. The van der Waals surface area contributed by atoms with Crippen molar-refractivity contribution in [3.05, 3.63) is 63.9 Å². The minimum atomic E-state index is -0.121. The van der Waals surface area contributed by atoms with E-state index in [-0.39, 0.29) is 5.91 Å². The van der Waals surface area contributed by atoms with Crippen molar-refractivity contribution in [1.82, 2.24) is 9.61 Å². The van der Waals surface area contributed by atoms with Gasteiger partial charge in [-0.1, -0.05) is 0 Å². The van der Waals surface area contributed by atoms with E-state index in [0.29, 0.717) is 11.1 Å². The highest BCUT2D eigenvalue weighted by molar-refractivity contribution is 9.10. The van der Waals surface area contributed by atoms with Crippen LogP contribution >= 0.6 is 15.9 Å². The van der Waals surface area contributed by atoms with Crippen molar-refractivity contribution in [3.8, 4) is 6.07 Å². The normalized spacial score (nSPS) is 10.5. The summed E-state index contributed by atoms with van der Waals surface area (Å²) in [6.07, 6.45) is 3.45. The van der Waals surface area contributed by atoms with Crippen LogP contribution in [0.5, 0.6) is 0 Å². The van der Waals surface area contributed by atoms with Gasteiger partial charge in [0, 0.05) is 24.5 Å². The molecule has 0 saturated carbocycles. The number of nitriles is 1. The van der Waals surface area contributed by atoms with Gasteiger partial charge in [-0.05, 0) is 58.7 Å². The van der Waals surface area contributed by atoms with E-state index in [2.05, 4.69) is 27.1 Å². The summed E-state index contributed by atoms with van der Waals surface area (Å²) in [6.45, 7) is 1.86. The van der Waals surface area contributed by atoms with Gasteiger partial charge >= 0.3 is 0 Å². The number of benzene rings is 1.